The third-order valence-corrected chi connectivity index (χ3v) is 3.08. The molecule has 110 valence electrons. The van der Waals surface area contributed by atoms with Gasteiger partial charge in [0.15, 0.2) is 0 Å². The maximum Gasteiger partial charge on any atom is 0.317 e. The van der Waals surface area contributed by atoms with Crippen LogP contribution in [0.4, 0.5) is 9.18 Å². The maximum absolute atomic E-state index is 13.0. The summed E-state index contributed by atoms with van der Waals surface area (Å²) in [5.41, 5.74) is 1.36. The molecule has 0 heterocycles. The number of amides is 2. The number of phenols is 1. The number of carbonyl (C=O) groups excluding carboxylic acids is 1. The fraction of sp³-hybridized carbons (Fsp3) is 0.188. The summed E-state index contributed by atoms with van der Waals surface area (Å²) in [6, 6.07) is 12.6. The van der Waals surface area contributed by atoms with Gasteiger partial charge in [0.25, 0.3) is 0 Å². The van der Waals surface area contributed by atoms with Crippen LogP contribution in [0.5, 0.6) is 5.75 Å². The topological polar surface area (TPSA) is 52.6 Å². The number of aromatic hydroxyl groups is 1. The molecule has 0 saturated carbocycles. The van der Waals surface area contributed by atoms with Crippen molar-refractivity contribution in [2.75, 3.05) is 7.05 Å². The molecule has 4 nitrogen and oxygen atoms in total. The Balaban J connectivity index is 1.90. The number of hydrogen-bond acceptors (Lipinski definition) is 2. The van der Waals surface area contributed by atoms with Crippen LogP contribution in [0.25, 0.3) is 0 Å². The number of carbonyl (C=O) groups is 1. The van der Waals surface area contributed by atoms with Crippen LogP contribution in [0, 0.1) is 5.82 Å². The third-order valence-electron chi connectivity index (χ3n) is 3.08. The van der Waals surface area contributed by atoms with Crippen molar-refractivity contribution < 1.29 is 14.3 Å². The van der Waals surface area contributed by atoms with Crippen molar-refractivity contribution in [1.82, 2.24) is 10.2 Å². The van der Waals surface area contributed by atoms with Crippen LogP contribution in [0.1, 0.15) is 11.1 Å². The van der Waals surface area contributed by atoms with Crippen LogP contribution in [-0.2, 0) is 13.1 Å². The SMILES string of the molecule is CN(Cc1ccccc1O)C(=O)NCc1cccc(F)c1. The van der Waals surface area contributed by atoms with E-state index in [9.17, 15) is 14.3 Å². The molecule has 0 radical (unpaired) electrons. The average Bonchev–Trinajstić information content (AvgIpc) is 2.47. The zero-order valence-corrected chi connectivity index (χ0v) is 11.7. The average molecular weight is 288 g/mol. The van der Waals surface area contributed by atoms with Crippen molar-refractivity contribution in [3.8, 4) is 5.75 Å². The molecule has 2 aromatic rings. The highest BCUT2D eigenvalue weighted by molar-refractivity contribution is 5.73. The molecule has 2 amide bonds. The van der Waals surface area contributed by atoms with Crippen LogP contribution in [0.3, 0.4) is 0 Å². The monoisotopic (exact) mass is 288 g/mol. The number of urea groups is 1. The van der Waals surface area contributed by atoms with Crippen LogP contribution in [-0.4, -0.2) is 23.1 Å². The normalized spacial score (nSPS) is 10.2. The predicted octanol–water partition coefficient (Wildman–Crippen LogP) is 2.87. The van der Waals surface area contributed by atoms with Gasteiger partial charge in [0, 0.05) is 19.2 Å². The number of rotatable bonds is 4. The van der Waals surface area contributed by atoms with Crippen LogP contribution < -0.4 is 5.32 Å². The summed E-state index contributed by atoms with van der Waals surface area (Å²) in [7, 11) is 1.63. The molecule has 0 atom stereocenters. The van der Waals surface area contributed by atoms with Gasteiger partial charge in [-0.25, -0.2) is 9.18 Å². The molecule has 0 aliphatic heterocycles. The molecule has 2 rings (SSSR count). The predicted molar refractivity (Wildman–Crippen MR) is 78.2 cm³/mol. The lowest BCUT2D eigenvalue weighted by Gasteiger charge is -2.18. The summed E-state index contributed by atoms with van der Waals surface area (Å²) < 4.78 is 13.0. The highest BCUT2D eigenvalue weighted by Gasteiger charge is 2.10. The molecule has 21 heavy (non-hydrogen) atoms. The molecule has 0 saturated heterocycles. The molecule has 0 fully saturated rings. The lowest BCUT2D eigenvalue weighted by atomic mass is 10.2. The Morgan fingerprint density at radius 1 is 1.24 bits per heavy atom. The fourth-order valence-corrected chi connectivity index (χ4v) is 1.93. The first kappa shape index (κ1) is 14.8. The number of hydrogen-bond donors (Lipinski definition) is 2. The minimum Gasteiger partial charge on any atom is -0.508 e. The largest absolute Gasteiger partial charge is 0.508 e. The second kappa shape index (κ2) is 6.74. The molecule has 0 aromatic heterocycles. The van der Waals surface area contributed by atoms with Gasteiger partial charge in [0.2, 0.25) is 0 Å². The summed E-state index contributed by atoms with van der Waals surface area (Å²) in [5, 5.41) is 12.4. The Morgan fingerprint density at radius 2 is 2.00 bits per heavy atom. The lowest BCUT2D eigenvalue weighted by molar-refractivity contribution is 0.206. The van der Waals surface area contributed by atoms with Crippen molar-refractivity contribution in [2.45, 2.75) is 13.1 Å². The molecular weight excluding hydrogens is 271 g/mol. The van der Waals surface area contributed by atoms with Crippen molar-refractivity contribution in [3.05, 3.63) is 65.5 Å². The molecule has 5 heteroatoms. The molecular formula is C16H17FN2O2. The van der Waals surface area contributed by atoms with Gasteiger partial charge in [-0.3, -0.25) is 0 Å². The van der Waals surface area contributed by atoms with E-state index in [1.165, 1.54) is 17.0 Å². The molecule has 0 unspecified atom stereocenters. The number of para-hydroxylation sites is 1. The van der Waals surface area contributed by atoms with Gasteiger partial charge in [-0.2, -0.15) is 0 Å². The Kier molecular flexibility index (Phi) is 4.77. The summed E-state index contributed by atoms with van der Waals surface area (Å²) in [6.07, 6.45) is 0. The smallest absolute Gasteiger partial charge is 0.317 e. The molecule has 0 bridgehead atoms. The summed E-state index contributed by atoms with van der Waals surface area (Å²) in [4.78, 5) is 13.4. The maximum atomic E-state index is 13.0. The summed E-state index contributed by atoms with van der Waals surface area (Å²) in [5.74, 6) is -0.174. The van der Waals surface area contributed by atoms with Crippen LogP contribution in [0.15, 0.2) is 48.5 Å². The fourth-order valence-electron chi connectivity index (χ4n) is 1.93. The van der Waals surface area contributed by atoms with E-state index in [1.54, 1.807) is 43.4 Å². The Bertz CT molecular complexity index is 631. The van der Waals surface area contributed by atoms with Crippen molar-refractivity contribution >= 4 is 6.03 Å². The Morgan fingerprint density at radius 3 is 2.71 bits per heavy atom. The zero-order chi connectivity index (χ0) is 15.2. The molecule has 0 spiro atoms. The minimum atomic E-state index is -0.329. The van der Waals surface area contributed by atoms with E-state index < -0.39 is 0 Å². The van der Waals surface area contributed by atoms with Crippen LogP contribution >= 0.6 is 0 Å². The van der Waals surface area contributed by atoms with Gasteiger partial charge in [0.1, 0.15) is 11.6 Å². The first-order valence-electron chi connectivity index (χ1n) is 6.56. The van der Waals surface area contributed by atoms with Crippen molar-refractivity contribution in [1.29, 1.82) is 0 Å². The van der Waals surface area contributed by atoms with Gasteiger partial charge >= 0.3 is 6.03 Å². The first-order chi connectivity index (χ1) is 10.1. The number of halogens is 1. The highest BCUT2D eigenvalue weighted by Crippen LogP contribution is 2.17. The second-order valence-electron chi connectivity index (χ2n) is 4.77. The van der Waals surface area contributed by atoms with E-state index >= 15 is 0 Å². The molecule has 0 aliphatic rings. The van der Waals surface area contributed by atoms with Gasteiger partial charge in [-0.1, -0.05) is 30.3 Å². The number of nitrogens with zero attached hydrogens (tertiary/aromatic N) is 1. The number of phenolic OH excluding ortho intramolecular Hbond substituents is 1. The lowest BCUT2D eigenvalue weighted by Crippen LogP contribution is -2.36. The first-order valence-corrected chi connectivity index (χ1v) is 6.56. The number of benzene rings is 2. The van der Waals surface area contributed by atoms with E-state index in [0.717, 1.165) is 0 Å². The Labute approximate surface area is 122 Å². The van der Waals surface area contributed by atoms with Gasteiger partial charge < -0.3 is 15.3 Å². The van der Waals surface area contributed by atoms with E-state index in [0.29, 0.717) is 17.7 Å². The molecule has 0 aliphatic carbocycles. The van der Waals surface area contributed by atoms with E-state index in [-0.39, 0.29) is 24.1 Å². The molecule has 2 aromatic carbocycles. The number of nitrogens with one attached hydrogen (secondary N) is 1. The van der Waals surface area contributed by atoms with Gasteiger partial charge in [-0.05, 0) is 23.8 Å². The van der Waals surface area contributed by atoms with Crippen molar-refractivity contribution in [2.24, 2.45) is 0 Å². The minimum absolute atomic E-state index is 0.155. The van der Waals surface area contributed by atoms with E-state index in [4.69, 9.17) is 0 Å². The highest BCUT2D eigenvalue weighted by atomic mass is 19.1. The van der Waals surface area contributed by atoms with E-state index in [1.807, 2.05) is 0 Å². The van der Waals surface area contributed by atoms with Crippen LogP contribution in [0.2, 0.25) is 0 Å². The second-order valence-corrected chi connectivity index (χ2v) is 4.77. The standard InChI is InChI=1S/C16H17FN2O2/c1-19(11-13-6-2-3-8-15(13)20)16(21)18-10-12-5-4-7-14(17)9-12/h2-9,20H,10-11H2,1H3,(H,18,21). The summed E-state index contributed by atoms with van der Waals surface area (Å²) in [6.45, 7) is 0.545. The Hall–Kier alpha value is -2.56. The van der Waals surface area contributed by atoms with Crippen molar-refractivity contribution in [3.63, 3.8) is 0 Å². The van der Waals surface area contributed by atoms with E-state index in [2.05, 4.69) is 5.32 Å². The summed E-state index contributed by atoms with van der Waals surface area (Å²) >= 11 is 0. The zero-order valence-electron chi connectivity index (χ0n) is 11.7. The quantitative estimate of drug-likeness (QED) is 0.909. The third kappa shape index (κ3) is 4.21. The van der Waals surface area contributed by atoms with Gasteiger partial charge in [-0.15, -0.1) is 0 Å². The molecule has 2 N–H and O–H groups in total. The van der Waals surface area contributed by atoms with Gasteiger partial charge in [0.05, 0.1) is 6.54 Å².